The maximum Gasteiger partial charge on any atom is 0.257 e. The van der Waals surface area contributed by atoms with E-state index in [2.05, 4.69) is 50.5 Å². The summed E-state index contributed by atoms with van der Waals surface area (Å²) in [5.74, 6) is 2.84. The molecule has 172 valence electrons. The number of nitrogens with one attached hydrogen (secondary N) is 1. The maximum absolute atomic E-state index is 13.3. The van der Waals surface area contributed by atoms with Crippen molar-refractivity contribution in [2.75, 3.05) is 26.2 Å². The van der Waals surface area contributed by atoms with Gasteiger partial charge in [0.15, 0.2) is 5.82 Å². The lowest BCUT2D eigenvalue weighted by Gasteiger charge is -2.50. The minimum absolute atomic E-state index is 0.0133. The average molecular weight is 446 g/mol. The van der Waals surface area contributed by atoms with E-state index >= 15 is 0 Å². The fourth-order valence-electron chi connectivity index (χ4n) is 5.70. The Balaban J connectivity index is 1.23. The van der Waals surface area contributed by atoms with Crippen LogP contribution in [0.1, 0.15) is 64.9 Å². The molecule has 1 amide bonds. The number of carbonyl (C=O) groups is 1. The van der Waals surface area contributed by atoms with Gasteiger partial charge >= 0.3 is 0 Å². The Hall–Kier alpha value is -3.00. The lowest BCUT2D eigenvalue weighted by atomic mass is 9.71. The zero-order chi connectivity index (χ0) is 22.6. The normalized spacial score (nSPS) is 22.1. The first-order chi connectivity index (χ1) is 16.1. The maximum atomic E-state index is 13.3. The van der Waals surface area contributed by atoms with Gasteiger partial charge in [0.05, 0.1) is 11.8 Å². The van der Waals surface area contributed by atoms with Crippen LogP contribution in [0.5, 0.6) is 0 Å². The molecule has 4 heterocycles. The highest BCUT2D eigenvalue weighted by atomic mass is 16.2. The third-order valence-electron chi connectivity index (χ3n) is 7.69. The van der Waals surface area contributed by atoms with Crippen molar-refractivity contribution in [3.63, 3.8) is 0 Å². The molecule has 8 heteroatoms. The number of rotatable bonds is 6. The van der Waals surface area contributed by atoms with Gasteiger partial charge in [-0.2, -0.15) is 10.2 Å². The first-order valence-corrected chi connectivity index (χ1v) is 12.1. The molecule has 1 atom stereocenters. The third kappa shape index (κ3) is 3.57. The number of aromatic amines is 1. The summed E-state index contributed by atoms with van der Waals surface area (Å²) in [6, 6.07) is 10.6. The third-order valence-corrected chi connectivity index (χ3v) is 7.69. The summed E-state index contributed by atoms with van der Waals surface area (Å²) in [6.45, 7) is 9.10. The minimum Gasteiger partial charge on any atom is -0.337 e. The van der Waals surface area contributed by atoms with E-state index in [0.717, 1.165) is 62.2 Å². The van der Waals surface area contributed by atoms with Crippen molar-refractivity contribution in [3.8, 4) is 0 Å². The molecular formula is C25H31N7O. The van der Waals surface area contributed by atoms with Crippen LogP contribution in [0.3, 0.4) is 0 Å². The molecule has 33 heavy (non-hydrogen) atoms. The number of amides is 1. The van der Waals surface area contributed by atoms with Crippen molar-refractivity contribution in [2.45, 2.75) is 51.6 Å². The Morgan fingerprint density at radius 3 is 2.67 bits per heavy atom. The van der Waals surface area contributed by atoms with Gasteiger partial charge in [0.1, 0.15) is 5.82 Å². The molecule has 2 aliphatic heterocycles. The number of carbonyl (C=O) groups excluding carboxylic acids is 1. The molecule has 6 rings (SSSR count). The van der Waals surface area contributed by atoms with Crippen LogP contribution in [0.25, 0.3) is 0 Å². The van der Waals surface area contributed by atoms with Crippen molar-refractivity contribution in [2.24, 2.45) is 5.41 Å². The van der Waals surface area contributed by atoms with E-state index in [1.165, 1.54) is 18.4 Å². The molecule has 1 spiro atoms. The summed E-state index contributed by atoms with van der Waals surface area (Å²) in [5, 5.41) is 12.2. The topological polar surface area (TPSA) is 82.9 Å². The second kappa shape index (κ2) is 7.80. The first kappa shape index (κ1) is 20.6. The number of hydrogen-bond donors (Lipinski definition) is 1. The Labute approximate surface area is 194 Å². The number of aromatic nitrogens is 5. The molecule has 1 aromatic carbocycles. The predicted octanol–water partition coefficient (Wildman–Crippen LogP) is 2.95. The van der Waals surface area contributed by atoms with E-state index in [9.17, 15) is 4.79 Å². The van der Waals surface area contributed by atoms with Crippen LogP contribution in [0.15, 0.2) is 36.5 Å². The number of nitrogens with zero attached hydrogens (tertiary/aromatic N) is 6. The second-order valence-electron chi connectivity index (χ2n) is 10.0. The summed E-state index contributed by atoms with van der Waals surface area (Å²) in [6.07, 6.45) is 4.11. The largest absolute Gasteiger partial charge is 0.337 e. The van der Waals surface area contributed by atoms with Gasteiger partial charge in [0.2, 0.25) is 0 Å². The number of H-pyrrole nitrogens is 1. The van der Waals surface area contributed by atoms with E-state index < -0.39 is 0 Å². The molecule has 1 aliphatic carbocycles. The zero-order valence-corrected chi connectivity index (χ0v) is 19.4. The van der Waals surface area contributed by atoms with Gasteiger partial charge in [-0.25, -0.2) is 4.98 Å². The van der Waals surface area contributed by atoms with Gasteiger partial charge in [-0.1, -0.05) is 30.3 Å². The van der Waals surface area contributed by atoms with Gasteiger partial charge in [0.25, 0.3) is 5.91 Å². The van der Waals surface area contributed by atoms with Gasteiger partial charge in [-0.3, -0.25) is 19.5 Å². The molecule has 1 saturated carbocycles. The highest BCUT2D eigenvalue weighted by Gasteiger charge is 2.57. The number of likely N-dealkylation sites (tertiary alicyclic amines) is 2. The molecule has 2 saturated heterocycles. The predicted molar refractivity (Wildman–Crippen MR) is 124 cm³/mol. The molecule has 3 fully saturated rings. The molecule has 1 unspecified atom stereocenters. The monoisotopic (exact) mass is 445 g/mol. The summed E-state index contributed by atoms with van der Waals surface area (Å²) < 4.78 is 1.89. The fourth-order valence-corrected chi connectivity index (χ4v) is 5.70. The van der Waals surface area contributed by atoms with Gasteiger partial charge < -0.3 is 4.90 Å². The number of aryl methyl sites for hydroxylation is 1. The van der Waals surface area contributed by atoms with Crippen LogP contribution in [-0.2, 0) is 13.1 Å². The minimum atomic E-state index is 0.0133. The highest BCUT2D eigenvalue weighted by Crippen LogP contribution is 2.49. The lowest BCUT2D eigenvalue weighted by Crippen LogP contribution is -2.61. The molecule has 2 aromatic heterocycles. The van der Waals surface area contributed by atoms with Crippen molar-refractivity contribution >= 4 is 5.91 Å². The van der Waals surface area contributed by atoms with E-state index in [1.54, 1.807) is 6.20 Å². The van der Waals surface area contributed by atoms with Crippen molar-refractivity contribution < 1.29 is 4.79 Å². The van der Waals surface area contributed by atoms with Gasteiger partial charge in [0, 0.05) is 62.2 Å². The Kier molecular flexibility index (Phi) is 4.87. The second-order valence-corrected chi connectivity index (χ2v) is 10.0. The summed E-state index contributed by atoms with van der Waals surface area (Å²) >= 11 is 0. The number of benzene rings is 1. The quantitative estimate of drug-likeness (QED) is 0.631. The van der Waals surface area contributed by atoms with E-state index in [1.807, 2.05) is 23.4 Å². The highest BCUT2D eigenvalue weighted by molar-refractivity contribution is 5.95. The van der Waals surface area contributed by atoms with Gasteiger partial charge in [-0.05, 0) is 32.3 Å². The Morgan fingerprint density at radius 1 is 1.18 bits per heavy atom. The van der Waals surface area contributed by atoms with Gasteiger partial charge in [-0.15, -0.1) is 0 Å². The molecule has 3 aromatic rings. The van der Waals surface area contributed by atoms with Crippen molar-refractivity contribution in [1.82, 2.24) is 34.8 Å². The average Bonchev–Trinajstić information content (AvgIpc) is 3.24. The van der Waals surface area contributed by atoms with Crippen molar-refractivity contribution in [1.29, 1.82) is 0 Å². The van der Waals surface area contributed by atoms with Crippen LogP contribution in [0, 0.1) is 12.3 Å². The van der Waals surface area contributed by atoms with Crippen molar-refractivity contribution in [3.05, 3.63) is 65.0 Å². The molecule has 1 N–H and O–H groups in total. The summed E-state index contributed by atoms with van der Waals surface area (Å²) in [4.78, 5) is 22.7. The van der Waals surface area contributed by atoms with Crippen LogP contribution in [0.4, 0.5) is 0 Å². The SMILES string of the molecule is CCn1ncc(C(=O)N2CC3(CN(Cc4ccccc4)CC3c3nc(C4CC4)n[nH]3)C2)c1C. The Morgan fingerprint density at radius 2 is 1.97 bits per heavy atom. The number of hydrogen-bond acceptors (Lipinski definition) is 5. The molecule has 0 bridgehead atoms. The molecule has 8 nitrogen and oxygen atoms in total. The summed E-state index contributed by atoms with van der Waals surface area (Å²) in [5.41, 5.74) is 3.00. The van der Waals surface area contributed by atoms with Crippen LogP contribution in [-0.4, -0.2) is 66.8 Å². The fraction of sp³-hybridized carbons (Fsp3) is 0.520. The van der Waals surface area contributed by atoms with Crippen LogP contribution >= 0.6 is 0 Å². The Bertz CT molecular complexity index is 1160. The van der Waals surface area contributed by atoms with E-state index in [0.29, 0.717) is 5.92 Å². The summed E-state index contributed by atoms with van der Waals surface area (Å²) in [7, 11) is 0. The molecular weight excluding hydrogens is 414 g/mol. The zero-order valence-electron chi connectivity index (χ0n) is 19.4. The van der Waals surface area contributed by atoms with E-state index in [4.69, 9.17) is 4.98 Å². The molecule has 0 radical (unpaired) electrons. The standard InChI is InChI=1S/C25H31N7O/c1-3-32-17(2)20(11-26-32)24(33)31-15-25(16-31)14-30(12-18-7-5-4-6-8-18)13-21(25)23-27-22(28-29-23)19-9-10-19/h4-8,11,19,21H,3,9-10,12-16H2,1-2H3,(H,27,28,29). The lowest BCUT2D eigenvalue weighted by molar-refractivity contribution is 0.00173. The van der Waals surface area contributed by atoms with Crippen LogP contribution in [0.2, 0.25) is 0 Å². The van der Waals surface area contributed by atoms with Crippen LogP contribution < -0.4 is 0 Å². The smallest absolute Gasteiger partial charge is 0.257 e. The van der Waals surface area contributed by atoms with E-state index in [-0.39, 0.29) is 17.2 Å². The molecule has 3 aliphatic rings. The first-order valence-electron chi connectivity index (χ1n) is 12.1.